The lowest BCUT2D eigenvalue weighted by Crippen LogP contribution is -2.37. The number of nitrogen functional groups attached to an aromatic ring is 1. The van der Waals surface area contributed by atoms with Gasteiger partial charge in [0.05, 0.1) is 24.1 Å². The Hall–Kier alpha value is -3.16. The molecule has 2 heterocycles. The number of hydrogen-bond donors (Lipinski definition) is 3. The SMILES string of the molecule is CC(C)(C)OC(=O)NCC1(COc2ccc3ccoc3c2-c2cc(N)n[nH]2)CC1. The average molecular weight is 398 g/mol. The highest BCUT2D eigenvalue weighted by Gasteiger charge is 2.44. The molecule has 0 bridgehead atoms. The third-order valence-electron chi connectivity index (χ3n) is 4.95. The summed E-state index contributed by atoms with van der Waals surface area (Å²) in [5, 5.41) is 10.8. The molecule has 1 aliphatic carbocycles. The van der Waals surface area contributed by atoms with Crippen LogP contribution in [-0.4, -0.2) is 35.0 Å². The number of ether oxygens (including phenoxy) is 2. The number of aromatic amines is 1. The normalized spacial score (nSPS) is 15.3. The van der Waals surface area contributed by atoms with E-state index in [1.165, 1.54) is 0 Å². The van der Waals surface area contributed by atoms with E-state index in [-0.39, 0.29) is 5.41 Å². The topological polar surface area (TPSA) is 115 Å². The smallest absolute Gasteiger partial charge is 0.407 e. The van der Waals surface area contributed by atoms with Gasteiger partial charge in [0.2, 0.25) is 0 Å². The van der Waals surface area contributed by atoms with Gasteiger partial charge >= 0.3 is 6.09 Å². The summed E-state index contributed by atoms with van der Waals surface area (Å²) in [6.07, 6.45) is 3.20. The highest BCUT2D eigenvalue weighted by Crippen LogP contribution is 2.46. The number of carbonyl (C=O) groups excluding carboxylic acids is 1. The molecule has 1 aliphatic rings. The van der Waals surface area contributed by atoms with Crippen molar-refractivity contribution in [1.82, 2.24) is 15.5 Å². The Kier molecular flexibility index (Phi) is 4.64. The standard InChI is InChI=1S/C21H26N4O4/c1-20(2,3)29-19(26)23-11-21(7-8-21)12-28-15-5-4-13-6-9-27-18(13)17(15)14-10-16(22)25-24-14/h4-6,9-10H,7-8,11-12H2,1-3H3,(H,23,26)(H3,22,24,25). The van der Waals surface area contributed by atoms with Gasteiger partial charge in [0.25, 0.3) is 0 Å². The molecule has 4 N–H and O–H groups in total. The minimum atomic E-state index is -0.517. The number of furan rings is 1. The first kappa shape index (κ1) is 19.2. The van der Waals surface area contributed by atoms with Gasteiger partial charge in [-0.25, -0.2) is 4.79 Å². The number of nitrogens with two attached hydrogens (primary N) is 1. The summed E-state index contributed by atoms with van der Waals surface area (Å²) >= 11 is 0. The van der Waals surface area contributed by atoms with Gasteiger partial charge in [0, 0.05) is 23.4 Å². The summed E-state index contributed by atoms with van der Waals surface area (Å²) < 4.78 is 17.2. The van der Waals surface area contributed by atoms with E-state index in [1.807, 2.05) is 39.0 Å². The van der Waals surface area contributed by atoms with E-state index in [0.29, 0.717) is 30.3 Å². The van der Waals surface area contributed by atoms with E-state index in [9.17, 15) is 4.79 Å². The Labute approximate surface area is 168 Å². The number of benzene rings is 1. The van der Waals surface area contributed by atoms with Crippen molar-refractivity contribution in [3.05, 3.63) is 30.5 Å². The number of amides is 1. The fourth-order valence-electron chi connectivity index (χ4n) is 3.21. The predicted molar refractivity (Wildman–Crippen MR) is 110 cm³/mol. The van der Waals surface area contributed by atoms with E-state index in [2.05, 4.69) is 15.5 Å². The Morgan fingerprint density at radius 2 is 2.14 bits per heavy atom. The molecule has 1 fully saturated rings. The lowest BCUT2D eigenvalue weighted by molar-refractivity contribution is 0.0509. The highest BCUT2D eigenvalue weighted by molar-refractivity contribution is 5.95. The maximum Gasteiger partial charge on any atom is 0.407 e. The Morgan fingerprint density at radius 3 is 2.79 bits per heavy atom. The summed E-state index contributed by atoms with van der Waals surface area (Å²) in [5.41, 5.74) is 7.41. The van der Waals surface area contributed by atoms with Crippen LogP contribution in [0.15, 0.2) is 34.9 Å². The number of aromatic nitrogens is 2. The van der Waals surface area contributed by atoms with Crippen molar-refractivity contribution in [3.63, 3.8) is 0 Å². The number of rotatable bonds is 6. The van der Waals surface area contributed by atoms with E-state index in [1.54, 1.807) is 12.3 Å². The number of H-pyrrole nitrogens is 1. The third kappa shape index (κ3) is 4.31. The molecule has 29 heavy (non-hydrogen) atoms. The minimum Gasteiger partial charge on any atom is -0.492 e. The van der Waals surface area contributed by atoms with Gasteiger partial charge in [-0.3, -0.25) is 5.10 Å². The fraction of sp³-hybridized carbons (Fsp3) is 0.429. The summed E-state index contributed by atoms with van der Waals surface area (Å²) in [7, 11) is 0. The predicted octanol–water partition coefficient (Wildman–Crippen LogP) is 4.09. The molecule has 8 nitrogen and oxygen atoms in total. The molecule has 0 saturated heterocycles. The zero-order valence-electron chi connectivity index (χ0n) is 16.9. The Balaban J connectivity index is 1.48. The number of nitrogens with zero attached hydrogens (tertiary/aromatic N) is 1. The average Bonchev–Trinajstić information content (AvgIpc) is 3.03. The van der Waals surface area contributed by atoms with Gasteiger partial charge in [0.15, 0.2) is 0 Å². The minimum absolute atomic E-state index is 0.0840. The monoisotopic (exact) mass is 398 g/mol. The summed E-state index contributed by atoms with van der Waals surface area (Å²) in [6, 6.07) is 7.52. The number of fused-ring (bicyclic) bond motifs is 1. The zero-order chi connectivity index (χ0) is 20.6. The first-order valence-electron chi connectivity index (χ1n) is 9.66. The van der Waals surface area contributed by atoms with Crippen LogP contribution < -0.4 is 15.8 Å². The first-order valence-corrected chi connectivity index (χ1v) is 9.66. The zero-order valence-corrected chi connectivity index (χ0v) is 16.9. The van der Waals surface area contributed by atoms with Crippen LogP contribution in [0, 0.1) is 5.41 Å². The van der Waals surface area contributed by atoms with Crippen molar-refractivity contribution in [2.24, 2.45) is 5.41 Å². The molecule has 1 saturated carbocycles. The second-order valence-electron chi connectivity index (χ2n) is 8.63. The number of carbonyl (C=O) groups is 1. The lowest BCUT2D eigenvalue weighted by atomic mass is 10.1. The van der Waals surface area contributed by atoms with Crippen LogP contribution in [-0.2, 0) is 4.74 Å². The molecule has 1 amide bonds. The molecular formula is C21H26N4O4. The largest absolute Gasteiger partial charge is 0.492 e. The highest BCUT2D eigenvalue weighted by atomic mass is 16.6. The third-order valence-corrected chi connectivity index (χ3v) is 4.95. The van der Waals surface area contributed by atoms with Crippen LogP contribution in [0.5, 0.6) is 5.75 Å². The number of anilines is 1. The van der Waals surface area contributed by atoms with Crippen LogP contribution in [0.3, 0.4) is 0 Å². The molecule has 0 aliphatic heterocycles. The van der Waals surface area contributed by atoms with Crippen LogP contribution in [0.2, 0.25) is 0 Å². The quantitative estimate of drug-likeness (QED) is 0.576. The van der Waals surface area contributed by atoms with Crippen LogP contribution >= 0.6 is 0 Å². The second-order valence-corrected chi connectivity index (χ2v) is 8.63. The number of alkyl carbamates (subject to hydrolysis) is 1. The van der Waals surface area contributed by atoms with Gasteiger partial charge < -0.3 is 24.9 Å². The van der Waals surface area contributed by atoms with E-state index < -0.39 is 11.7 Å². The van der Waals surface area contributed by atoms with Gasteiger partial charge in [-0.2, -0.15) is 5.10 Å². The van der Waals surface area contributed by atoms with Gasteiger partial charge in [-0.15, -0.1) is 0 Å². The van der Waals surface area contributed by atoms with Crippen LogP contribution in [0.4, 0.5) is 10.6 Å². The molecule has 8 heteroatoms. The van der Waals surface area contributed by atoms with Crippen molar-refractivity contribution in [1.29, 1.82) is 0 Å². The molecule has 4 rings (SSSR count). The molecule has 1 aromatic carbocycles. The van der Waals surface area contributed by atoms with Crippen LogP contribution in [0.25, 0.3) is 22.2 Å². The van der Waals surface area contributed by atoms with E-state index in [0.717, 1.165) is 29.5 Å². The van der Waals surface area contributed by atoms with Crippen molar-refractivity contribution < 1.29 is 18.7 Å². The number of nitrogens with one attached hydrogen (secondary N) is 2. The summed E-state index contributed by atoms with van der Waals surface area (Å²) in [4.78, 5) is 12.0. The van der Waals surface area contributed by atoms with Gasteiger partial charge in [0.1, 0.15) is 22.8 Å². The van der Waals surface area contributed by atoms with Gasteiger partial charge in [-0.05, 0) is 51.8 Å². The fourth-order valence-corrected chi connectivity index (χ4v) is 3.21. The van der Waals surface area contributed by atoms with E-state index in [4.69, 9.17) is 19.6 Å². The van der Waals surface area contributed by atoms with Crippen molar-refractivity contribution in [3.8, 4) is 17.0 Å². The number of hydrogen-bond acceptors (Lipinski definition) is 6. The Morgan fingerprint density at radius 1 is 1.34 bits per heavy atom. The van der Waals surface area contributed by atoms with Crippen molar-refractivity contribution >= 4 is 22.9 Å². The molecule has 0 atom stereocenters. The molecule has 0 unspecified atom stereocenters. The molecule has 2 aromatic heterocycles. The molecular weight excluding hydrogens is 372 g/mol. The van der Waals surface area contributed by atoms with Crippen LogP contribution in [0.1, 0.15) is 33.6 Å². The summed E-state index contributed by atoms with van der Waals surface area (Å²) in [6.45, 7) is 6.52. The van der Waals surface area contributed by atoms with Gasteiger partial charge in [-0.1, -0.05) is 0 Å². The summed E-state index contributed by atoms with van der Waals surface area (Å²) in [5.74, 6) is 1.08. The maximum atomic E-state index is 12.0. The second kappa shape index (κ2) is 7.02. The van der Waals surface area contributed by atoms with Crippen molar-refractivity contribution in [2.45, 2.75) is 39.2 Å². The molecule has 0 spiro atoms. The van der Waals surface area contributed by atoms with Crippen molar-refractivity contribution in [2.75, 3.05) is 18.9 Å². The van der Waals surface area contributed by atoms with E-state index >= 15 is 0 Å². The molecule has 0 radical (unpaired) electrons. The first-order chi connectivity index (χ1) is 13.7. The Bertz CT molecular complexity index is 1030. The molecule has 3 aromatic rings. The molecule has 154 valence electrons. The lowest BCUT2D eigenvalue weighted by Gasteiger charge is -2.22. The maximum absolute atomic E-state index is 12.0.